The molecule has 152 valence electrons. The van der Waals surface area contributed by atoms with Crippen molar-refractivity contribution < 1.29 is 19.1 Å². The van der Waals surface area contributed by atoms with Crippen molar-refractivity contribution in [3.63, 3.8) is 0 Å². The highest BCUT2D eigenvalue weighted by atomic mass is 16.5. The molecule has 0 spiro atoms. The van der Waals surface area contributed by atoms with Gasteiger partial charge >= 0.3 is 12.0 Å². The maximum Gasteiger partial charge on any atom is 0.321 e. The van der Waals surface area contributed by atoms with Crippen LogP contribution in [0.2, 0.25) is 0 Å². The number of anilines is 2. The maximum atomic E-state index is 12.3. The Kier molecular flexibility index (Phi) is 6.84. The van der Waals surface area contributed by atoms with Crippen molar-refractivity contribution in [2.45, 2.75) is 12.8 Å². The van der Waals surface area contributed by atoms with Gasteiger partial charge in [-0.3, -0.25) is 9.59 Å². The van der Waals surface area contributed by atoms with E-state index in [4.69, 9.17) is 4.74 Å². The molecule has 0 aliphatic carbocycles. The minimum absolute atomic E-state index is 0.178. The van der Waals surface area contributed by atoms with Crippen molar-refractivity contribution in [1.82, 2.24) is 4.90 Å². The Morgan fingerprint density at radius 1 is 1.00 bits per heavy atom. The monoisotopic (exact) mass is 395 g/mol. The van der Waals surface area contributed by atoms with E-state index < -0.39 is 0 Å². The first-order chi connectivity index (χ1) is 14.0. The first kappa shape index (κ1) is 20.4. The number of hydrogen-bond donors (Lipinski definition) is 1. The number of urea groups is 1. The first-order valence-corrected chi connectivity index (χ1v) is 9.64. The molecule has 1 aliphatic heterocycles. The van der Waals surface area contributed by atoms with Crippen LogP contribution < -0.4 is 10.2 Å². The topological polar surface area (TPSA) is 79.0 Å². The summed E-state index contributed by atoms with van der Waals surface area (Å²) in [5, 5.41) is 2.84. The van der Waals surface area contributed by atoms with Crippen LogP contribution in [-0.4, -0.2) is 49.6 Å². The van der Waals surface area contributed by atoms with Gasteiger partial charge in [-0.15, -0.1) is 0 Å². The maximum absolute atomic E-state index is 12.3. The van der Waals surface area contributed by atoms with E-state index >= 15 is 0 Å². The molecule has 0 radical (unpaired) electrons. The Labute approximate surface area is 170 Å². The zero-order valence-electron chi connectivity index (χ0n) is 16.4. The molecule has 0 aromatic heterocycles. The van der Waals surface area contributed by atoms with Crippen LogP contribution in [0.3, 0.4) is 0 Å². The lowest BCUT2D eigenvalue weighted by Crippen LogP contribution is -2.43. The van der Waals surface area contributed by atoms with Crippen molar-refractivity contribution in [2.75, 3.05) is 37.0 Å². The van der Waals surface area contributed by atoms with E-state index in [1.165, 1.54) is 4.90 Å². The van der Waals surface area contributed by atoms with Crippen molar-refractivity contribution >= 4 is 29.3 Å². The molecule has 2 aromatic rings. The van der Waals surface area contributed by atoms with E-state index in [0.29, 0.717) is 25.9 Å². The number of carbonyl (C=O) groups is 3. The highest BCUT2D eigenvalue weighted by molar-refractivity contribution is 5.94. The molecule has 0 bridgehead atoms. The Morgan fingerprint density at radius 2 is 1.59 bits per heavy atom. The van der Waals surface area contributed by atoms with Gasteiger partial charge < -0.3 is 19.9 Å². The number of amides is 3. The zero-order valence-corrected chi connectivity index (χ0v) is 16.4. The number of hydrogen-bond acceptors (Lipinski definition) is 4. The molecule has 7 heteroatoms. The Hall–Kier alpha value is -3.35. The van der Waals surface area contributed by atoms with Gasteiger partial charge in [0.15, 0.2) is 6.61 Å². The molecule has 7 nitrogen and oxygen atoms in total. The molecular formula is C22H25N3O4. The number of rotatable bonds is 5. The number of likely N-dealkylation sites (tertiary alicyclic amines) is 1. The summed E-state index contributed by atoms with van der Waals surface area (Å²) in [5.74, 6) is -0.974. The number of benzene rings is 2. The first-order valence-electron chi connectivity index (χ1n) is 9.64. The summed E-state index contributed by atoms with van der Waals surface area (Å²) in [6.07, 6.45) is 1.04. The second-order valence-corrected chi connectivity index (χ2v) is 6.95. The number of nitrogens with zero attached hydrogens (tertiary/aromatic N) is 2. The van der Waals surface area contributed by atoms with Gasteiger partial charge in [0, 0.05) is 31.5 Å². The quantitative estimate of drug-likeness (QED) is 0.789. The number of ether oxygens (including phenoxy) is 1. The summed E-state index contributed by atoms with van der Waals surface area (Å²) in [6.45, 7) is 0.644. The molecule has 3 rings (SSSR count). The van der Waals surface area contributed by atoms with Crippen molar-refractivity contribution in [1.29, 1.82) is 0 Å². The second kappa shape index (κ2) is 9.73. The van der Waals surface area contributed by atoms with Crippen LogP contribution in [0.25, 0.3) is 0 Å². The lowest BCUT2D eigenvalue weighted by Gasteiger charge is -2.31. The molecule has 0 unspecified atom stereocenters. The van der Waals surface area contributed by atoms with E-state index in [2.05, 4.69) is 5.32 Å². The highest BCUT2D eigenvalue weighted by Gasteiger charge is 2.29. The summed E-state index contributed by atoms with van der Waals surface area (Å²) in [7, 11) is 1.65. The second-order valence-electron chi connectivity index (χ2n) is 6.95. The molecule has 0 atom stereocenters. The minimum Gasteiger partial charge on any atom is -0.455 e. The third kappa shape index (κ3) is 5.57. The van der Waals surface area contributed by atoms with Crippen LogP contribution in [0.4, 0.5) is 16.2 Å². The molecule has 29 heavy (non-hydrogen) atoms. The van der Waals surface area contributed by atoms with Gasteiger partial charge in [0.05, 0.1) is 5.92 Å². The Balaban J connectivity index is 1.41. The molecule has 1 saturated heterocycles. The number of carbonyl (C=O) groups excluding carboxylic acids is 3. The van der Waals surface area contributed by atoms with Gasteiger partial charge in [0.2, 0.25) is 0 Å². The normalized spacial score (nSPS) is 14.2. The smallest absolute Gasteiger partial charge is 0.321 e. The molecule has 1 heterocycles. The molecule has 1 N–H and O–H groups in total. The van der Waals surface area contributed by atoms with Crippen LogP contribution in [-0.2, 0) is 14.3 Å². The average Bonchev–Trinajstić information content (AvgIpc) is 2.78. The largest absolute Gasteiger partial charge is 0.455 e. The van der Waals surface area contributed by atoms with Crippen molar-refractivity contribution in [3.05, 3.63) is 60.7 Å². The molecule has 1 aliphatic rings. The highest BCUT2D eigenvalue weighted by Crippen LogP contribution is 2.20. The molecule has 0 saturated carbocycles. The number of esters is 1. The number of nitrogens with one attached hydrogen (secondary N) is 1. The molecular weight excluding hydrogens is 370 g/mol. The summed E-state index contributed by atoms with van der Waals surface area (Å²) >= 11 is 0. The van der Waals surface area contributed by atoms with E-state index in [9.17, 15) is 14.4 Å². The summed E-state index contributed by atoms with van der Waals surface area (Å²) in [6, 6.07) is 18.2. The van der Waals surface area contributed by atoms with E-state index in [1.807, 2.05) is 60.7 Å². The third-order valence-electron chi connectivity index (χ3n) is 5.00. The van der Waals surface area contributed by atoms with Crippen LogP contribution in [0.5, 0.6) is 0 Å². The van der Waals surface area contributed by atoms with E-state index in [1.54, 1.807) is 11.9 Å². The van der Waals surface area contributed by atoms with E-state index in [-0.39, 0.29) is 30.4 Å². The molecule has 1 fully saturated rings. The molecule has 3 amide bonds. The number of piperidine rings is 1. The van der Waals surface area contributed by atoms with Crippen molar-refractivity contribution in [3.8, 4) is 0 Å². The average molecular weight is 395 g/mol. The summed E-state index contributed by atoms with van der Waals surface area (Å²) in [5.41, 5.74) is 1.48. The van der Waals surface area contributed by atoms with Crippen LogP contribution in [0.1, 0.15) is 12.8 Å². The van der Waals surface area contributed by atoms with Gasteiger partial charge in [-0.1, -0.05) is 36.4 Å². The lowest BCUT2D eigenvalue weighted by atomic mass is 9.97. The van der Waals surface area contributed by atoms with Gasteiger partial charge in [-0.25, -0.2) is 4.79 Å². The van der Waals surface area contributed by atoms with Crippen LogP contribution in [0.15, 0.2) is 60.7 Å². The fourth-order valence-electron chi connectivity index (χ4n) is 3.19. The predicted molar refractivity (Wildman–Crippen MR) is 111 cm³/mol. The van der Waals surface area contributed by atoms with E-state index in [0.717, 1.165) is 11.4 Å². The molecule has 2 aromatic carbocycles. The number of para-hydroxylation sites is 2. The summed E-state index contributed by atoms with van der Waals surface area (Å²) in [4.78, 5) is 40.0. The van der Waals surface area contributed by atoms with Gasteiger partial charge in [0.1, 0.15) is 0 Å². The standard InChI is InChI=1S/C22H25N3O4/c1-24(19-10-6-3-7-11-19)20(26)16-29-21(27)17-12-14-25(15-13-17)22(28)23-18-8-4-2-5-9-18/h2-11,17H,12-16H2,1H3,(H,23,28). The van der Waals surface area contributed by atoms with Crippen molar-refractivity contribution in [2.24, 2.45) is 5.92 Å². The van der Waals surface area contributed by atoms with Gasteiger partial charge in [0.25, 0.3) is 5.91 Å². The number of likely N-dealkylation sites (N-methyl/N-ethyl adjacent to an activating group) is 1. The van der Waals surface area contributed by atoms with Crippen LogP contribution >= 0.6 is 0 Å². The SMILES string of the molecule is CN(C(=O)COC(=O)C1CCN(C(=O)Nc2ccccc2)CC1)c1ccccc1. The van der Waals surface area contributed by atoms with Gasteiger partial charge in [-0.2, -0.15) is 0 Å². The Bertz CT molecular complexity index is 834. The fraction of sp³-hybridized carbons (Fsp3) is 0.318. The Morgan fingerprint density at radius 3 is 2.21 bits per heavy atom. The van der Waals surface area contributed by atoms with Gasteiger partial charge in [-0.05, 0) is 37.1 Å². The summed E-state index contributed by atoms with van der Waals surface area (Å²) < 4.78 is 5.23. The van der Waals surface area contributed by atoms with Crippen LogP contribution in [0, 0.1) is 5.92 Å². The minimum atomic E-state index is -0.386. The lowest BCUT2D eigenvalue weighted by molar-refractivity contribution is -0.153. The zero-order chi connectivity index (χ0) is 20.6. The predicted octanol–water partition coefficient (Wildman–Crippen LogP) is 3.14. The fourth-order valence-corrected chi connectivity index (χ4v) is 3.19. The third-order valence-corrected chi connectivity index (χ3v) is 5.00.